The van der Waals surface area contributed by atoms with Crippen LogP contribution in [-0.4, -0.2) is 18.7 Å². The maximum atomic E-state index is 5.51. The van der Waals surface area contributed by atoms with Gasteiger partial charge < -0.3 is 14.8 Å². The number of aromatic nitrogens is 1. The van der Waals surface area contributed by atoms with Crippen molar-refractivity contribution in [2.45, 2.75) is 19.9 Å². The quantitative estimate of drug-likeness (QED) is 0.871. The van der Waals surface area contributed by atoms with Crippen LogP contribution in [0.5, 0.6) is 11.5 Å². The number of rotatable bonds is 6. The van der Waals surface area contributed by atoms with Crippen molar-refractivity contribution in [1.29, 1.82) is 0 Å². The number of nitrogens with one attached hydrogen (secondary N) is 1. The van der Waals surface area contributed by atoms with E-state index in [2.05, 4.69) is 17.2 Å². The van der Waals surface area contributed by atoms with E-state index in [0.29, 0.717) is 6.61 Å². The van der Waals surface area contributed by atoms with Crippen LogP contribution < -0.4 is 14.8 Å². The van der Waals surface area contributed by atoms with Crippen LogP contribution in [0, 0.1) is 0 Å². The molecule has 0 spiro atoms. The van der Waals surface area contributed by atoms with Crippen LogP contribution in [0.15, 0.2) is 42.6 Å². The molecule has 0 aliphatic heterocycles. The lowest BCUT2D eigenvalue weighted by Crippen LogP contribution is -2.08. The summed E-state index contributed by atoms with van der Waals surface area (Å²) in [4.78, 5) is 4.35. The minimum atomic E-state index is 0.124. The van der Waals surface area contributed by atoms with Crippen molar-refractivity contribution in [3.05, 3.63) is 48.3 Å². The summed E-state index contributed by atoms with van der Waals surface area (Å²) in [5.74, 6) is 1.48. The zero-order valence-corrected chi connectivity index (χ0v) is 12.1. The number of nitrogens with zero attached hydrogens (tertiary/aromatic N) is 1. The van der Waals surface area contributed by atoms with Gasteiger partial charge in [-0.3, -0.25) is 4.98 Å². The van der Waals surface area contributed by atoms with Crippen molar-refractivity contribution in [3.8, 4) is 11.5 Å². The van der Waals surface area contributed by atoms with Crippen LogP contribution in [0.4, 0.5) is 5.69 Å². The highest BCUT2D eigenvalue weighted by molar-refractivity contribution is 5.55. The fraction of sp³-hybridized carbons (Fsp3) is 0.312. The Hall–Kier alpha value is -2.23. The standard InChI is InChI=1S/C16H20N2O2/c1-4-20-15-9-8-13(11-16(15)19-3)18-12(2)14-7-5-6-10-17-14/h5-12,18H,4H2,1-3H3. The topological polar surface area (TPSA) is 43.4 Å². The van der Waals surface area contributed by atoms with Gasteiger partial charge in [0.1, 0.15) is 0 Å². The van der Waals surface area contributed by atoms with E-state index in [0.717, 1.165) is 22.9 Å². The lowest BCUT2D eigenvalue weighted by Gasteiger charge is -2.16. The zero-order valence-electron chi connectivity index (χ0n) is 12.1. The van der Waals surface area contributed by atoms with Gasteiger partial charge in [-0.15, -0.1) is 0 Å². The van der Waals surface area contributed by atoms with Gasteiger partial charge in [0.15, 0.2) is 11.5 Å². The molecule has 0 aliphatic rings. The van der Waals surface area contributed by atoms with Gasteiger partial charge in [0.2, 0.25) is 0 Å². The first kappa shape index (κ1) is 14.2. The minimum Gasteiger partial charge on any atom is -0.493 e. The van der Waals surface area contributed by atoms with E-state index < -0.39 is 0 Å². The van der Waals surface area contributed by atoms with E-state index in [9.17, 15) is 0 Å². The fourth-order valence-corrected chi connectivity index (χ4v) is 1.99. The number of hydrogen-bond donors (Lipinski definition) is 1. The van der Waals surface area contributed by atoms with Crippen LogP contribution in [0.2, 0.25) is 0 Å². The van der Waals surface area contributed by atoms with Crippen LogP contribution in [0.3, 0.4) is 0 Å². The van der Waals surface area contributed by atoms with Gasteiger partial charge in [0.25, 0.3) is 0 Å². The normalized spacial score (nSPS) is 11.8. The summed E-state index contributed by atoms with van der Waals surface area (Å²) in [6.45, 7) is 4.65. The first-order valence-corrected chi connectivity index (χ1v) is 6.73. The number of benzene rings is 1. The molecule has 0 fully saturated rings. The monoisotopic (exact) mass is 272 g/mol. The summed E-state index contributed by atoms with van der Waals surface area (Å²) in [5, 5.41) is 3.40. The van der Waals surface area contributed by atoms with E-state index in [1.807, 2.05) is 43.3 Å². The molecule has 1 aromatic carbocycles. The third kappa shape index (κ3) is 3.41. The lowest BCUT2D eigenvalue weighted by atomic mass is 10.2. The molecule has 4 heteroatoms. The summed E-state index contributed by atoms with van der Waals surface area (Å²) in [6.07, 6.45) is 1.80. The Labute approximate surface area is 119 Å². The predicted octanol–water partition coefficient (Wildman–Crippen LogP) is 3.66. The van der Waals surface area contributed by atoms with Crippen LogP contribution in [0.25, 0.3) is 0 Å². The molecule has 20 heavy (non-hydrogen) atoms. The first-order chi connectivity index (χ1) is 9.74. The maximum Gasteiger partial charge on any atom is 0.162 e. The van der Waals surface area contributed by atoms with Crippen molar-refractivity contribution >= 4 is 5.69 Å². The number of anilines is 1. The van der Waals surface area contributed by atoms with Gasteiger partial charge in [0.05, 0.1) is 25.5 Å². The second kappa shape index (κ2) is 6.80. The lowest BCUT2D eigenvalue weighted by molar-refractivity contribution is 0.311. The largest absolute Gasteiger partial charge is 0.493 e. The van der Waals surface area contributed by atoms with Crippen molar-refractivity contribution < 1.29 is 9.47 Å². The Morgan fingerprint density at radius 2 is 2.05 bits per heavy atom. The molecule has 4 nitrogen and oxygen atoms in total. The Morgan fingerprint density at radius 3 is 2.70 bits per heavy atom. The van der Waals surface area contributed by atoms with Crippen molar-refractivity contribution in [2.75, 3.05) is 19.0 Å². The van der Waals surface area contributed by atoms with Crippen molar-refractivity contribution in [1.82, 2.24) is 4.98 Å². The number of hydrogen-bond acceptors (Lipinski definition) is 4. The Balaban J connectivity index is 2.13. The molecule has 106 valence electrons. The van der Waals surface area contributed by atoms with Crippen LogP contribution >= 0.6 is 0 Å². The van der Waals surface area contributed by atoms with Crippen molar-refractivity contribution in [2.24, 2.45) is 0 Å². The van der Waals surface area contributed by atoms with Gasteiger partial charge in [-0.2, -0.15) is 0 Å². The summed E-state index contributed by atoms with van der Waals surface area (Å²) < 4.78 is 10.9. The Morgan fingerprint density at radius 1 is 1.20 bits per heavy atom. The predicted molar refractivity (Wildman–Crippen MR) is 80.4 cm³/mol. The van der Waals surface area contributed by atoms with Gasteiger partial charge in [-0.05, 0) is 38.1 Å². The average molecular weight is 272 g/mol. The fourth-order valence-electron chi connectivity index (χ4n) is 1.99. The third-order valence-corrected chi connectivity index (χ3v) is 2.98. The molecule has 0 aliphatic carbocycles. The van der Waals surface area contributed by atoms with Gasteiger partial charge in [-0.1, -0.05) is 6.07 Å². The molecule has 0 saturated heterocycles. The molecule has 1 atom stereocenters. The molecule has 1 heterocycles. The molecule has 1 N–H and O–H groups in total. The first-order valence-electron chi connectivity index (χ1n) is 6.73. The summed E-state index contributed by atoms with van der Waals surface area (Å²) in [7, 11) is 1.64. The highest BCUT2D eigenvalue weighted by atomic mass is 16.5. The van der Waals surface area contributed by atoms with Gasteiger partial charge in [0, 0.05) is 18.0 Å². The number of ether oxygens (including phenoxy) is 2. The van der Waals surface area contributed by atoms with E-state index in [-0.39, 0.29) is 6.04 Å². The number of methoxy groups -OCH3 is 1. The minimum absolute atomic E-state index is 0.124. The molecule has 1 unspecified atom stereocenters. The highest BCUT2D eigenvalue weighted by Gasteiger charge is 2.09. The highest BCUT2D eigenvalue weighted by Crippen LogP contribution is 2.31. The second-order valence-electron chi connectivity index (χ2n) is 4.42. The SMILES string of the molecule is CCOc1ccc(NC(C)c2ccccn2)cc1OC. The molecule has 0 radical (unpaired) electrons. The van der Waals surface area contributed by atoms with E-state index >= 15 is 0 Å². The summed E-state index contributed by atoms with van der Waals surface area (Å²) in [5.41, 5.74) is 1.98. The van der Waals surface area contributed by atoms with Gasteiger partial charge >= 0.3 is 0 Å². The maximum absolute atomic E-state index is 5.51. The molecule has 0 amide bonds. The van der Waals surface area contributed by atoms with Crippen LogP contribution in [0.1, 0.15) is 25.6 Å². The van der Waals surface area contributed by atoms with Crippen LogP contribution in [-0.2, 0) is 0 Å². The molecule has 2 rings (SSSR count). The molecular weight excluding hydrogens is 252 g/mol. The van der Waals surface area contributed by atoms with E-state index in [1.165, 1.54) is 0 Å². The summed E-state index contributed by atoms with van der Waals surface area (Å²) in [6, 6.07) is 11.9. The van der Waals surface area contributed by atoms with E-state index in [4.69, 9.17) is 9.47 Å². The Bertz CT molecular complexity index is 543. The zero-order chi connectivity index (χ0) is 14.4. The van der Waals surface area contributed by atoms with Gasteiger partial charge in [-0.25, -0.2) is 0 Å². The van der Waals surface area contributed by atoms with Crippen molar-refractivity contribution in [3.63, 3.8) is 0 Å². The smallest absolute Gasteiger partial charge is 0.162 e. The molecule has 0 bridgehead atoms. The molecule has 1 aromatic heterocycles. The molecule has 2 aromatic rings. The Kier molecular flexibility index (Phi) is 4.82. The molecular formula is C16H20N2O2. The third-order valence-electron chi connectivity index (χ3n) is 2.98. The summed E-state index contributed by atoms with van der Waals surface area (Å²) >= 11 is 0. The average Bonchev–Trinajstić information content (AvgIpc) is 2.50. The molecule has 0 saturated carbocycles. The van der Waals surface area contributed by atoms with E-state index in [1.54, 1.807) is 13.3 Å². The number of pyridine rings is 1. The second-order valence-corrected chi connectivity index (χ2v) is 4.42.